The Morgan fingerprint density at radius 2 is 2.00 bits per heavy atom. The summed E-state index contributed by atoms with van der Waals surface area (Å²) in [7, 11) is -3.78. The van der Waals surface area contributed by atoms with E-state index in [1.165, 1.54) is 24.3 Å². The van der Waals surface area contributed by atoms with Gasteiger partial charge in [0.1, 0.15) is 0 Å². The van der Waals surface area contributed by atoms with E-state index < -0.39 is 21.5 Å². The van der Waals surface area contributed by atoms with Gasteiger partial charge < -0.3 is 10.1 Å². The van der Waals surface area contributed by atoms with Gasteiger partial charge in [-0.25, -0.2) is 13.6 Å². The molecule has 1 fully saturated rings. The molecule has 2 rings (SSSR count). The highest BCUT2D eigenvalue weighted by atomic mass is 32.2. The minimum Gasteiger partial charge on any atom is -0.449 e. The van der Waals surface area contributed by atoms with Crippen LogP contribution in [0, 0.1) is 5.92 Å². The zero-order chi connectivity index (χ0) is 16.5. The Morgan fingerprint density at radius 1 is 1.41 bits per heavy atom. The number of carbonyl (C=O) groups is 2. The topological polar surface area (TPSA) is 116 Å². The maximum Gasteiger partial charge on any atom is 0.310 e. The molecule has 1 aromatic rings. The number of carbonyl (C=O) groups excluding carboxylic acids is 2. The number of anilines is 1. The van der Waals surface area contributed by atoms with Crippen molar-refractivity contribution in [2.75, 3.05) is 5.32 Å². The Kier molecular flexibility index (Phi) is 4.25. The number of nitrogens with two attached hydrogens (primary N) is 1. The average Bonchev–Trinajstić information content (AvgIpc) is 2.74. The first kappa shape index (κ1) is 16.4. The van der Waals surface area contributed by atoms with Gasteiger partial charge in [-0.05, 0) is 37.6 Å². The Hall–Kier alpha value is -1.93. The molecule has 0 spiro atoms. The molecule has 1 aliphatic rings. The normalized spacial score (nSPS) is 24.9. The van der Waals surface area contributed by atoms with Gasteiger partial charge in [0.25, 0.3) is 5.91 Å². The summed E-state index contributed by atoms with van der Waals surface area (Å²) >= 11 is 0. The molecule has 0 unspecified atom stereocenters. The maximum absolute atomic E-state index is 12.3. The minimum absolute atomic E-state index is 0.0462. The van der Waals surface area contributed by atoms with Crippen LogP contribution in [0.5, 0.6) is 0 Å². The third-order valence-electron chi connectivity index (χ3n) is 3.71. The molecule has 0 aromatic heterocycles. The number of benzene rings is 1. The summed E-state index contributed by atoms with van der Waals surface area (Å²) in [6.45, 7) is 3.43. The second-order valence-corrected chi connectivity index (χ2v) is 7.05. The number of esters is 1. The molecule has 1 aliphatic heterocycles. The molecule has 1 saturated heterocycles. The zero-order valence-corrected chi connectivity index (χ0v) is 13.1. The number of primary sulfonamides is 1. The molecule has 22 heavy (non-hydrogen) atoms. The quantitative estimate of drug-likeness (QED) is 0.801. The van der Waals surface area contributed by atoms with Crippen LogP contribution in [-0.2, 0) is 24.3 Å². The first-order valence-corrected chi connectivity index (χ1v) is 8.37. The summed E-state index contributed by atoms with van der Waals surface area (Å²) in [6.07, 6.45) is 0.939. The van der Waals surface area contributed by atoms with E-state index in [0.717, 1.165) is 0 Å². The average molecular weight is 326 g/mol. The van der Waals surface area contributed by atoms with Crippen molar-refractivity contribution in [3.05, 3.63) is 24.3 Å². The summed E-state index contributed by atoms with van der Waals surface area (Å²) in [4.78, 5) is 23.9. The maximum atomic E-state index is 12.3. The Labute approximate surface area is 128 Å². The van der Waals surface area contributed by atoms with Crippen molar-refractivity contribution in [3.8, 4) is 0 Å². The van der Waals surface area contributed by atoms with Gasteiger partial charge >= 0.3 is 5.97 Å². The molecule has 3 N–H and O–H groups in total. The van der Waals surface area contributed by atoms with E-state index in [2.05, 4.69) is 5.32 Å². The lowest BCUT2D eigenvalue weighted by molar-refractivity contribution is -0.155. The van der Waals surface area contributed by atoms with Gasteiger partial charge in [0.2, 0.25) is 10.0 Å². The van der Waals surface area contributed by atoms with E-state index in [1.807, 2.05) is 6.92 Å². The molecular formula is C14H18N2O5S. The highest BCUT2D eigenvalue weighted by Gasteiger charge is 2.47. The number of amides is 1. The van der Waals surface area contributed by atoms with Gasteiger partial charge in [-0.15, -0.1) is 0 Å². The van der Waals surface area contributed by atoms with Crippen LogP contribution >= 0.6 is 0 Å². The lowest BCUT2D eigenvalue weighted by Gasteiger charge is -2.21. The highest BCUT2D eigenvalue weighted by Crippen LogP contribution is 2.33. The summed E-state index contributed by atoms with van der Waals surface area (Å²) in [6, 6.07) is 5.44. The van der Waals surface area contributed by atoms with Crippen molar-refractivity contribution in [2.24, 2.45) is 11.1 Å². The predicted octanol–water partition coefficient (Wildman–Crippen LogP) is 1.00. The van der Waals surface area contributed by atoms with Crippen LogP contribution < -0.4 is 10.5 Å². The fourth-order valence-corrected chi connectivity index (χ4v) is 2.86. The number of ether oxygens (including phenoxy) is 1. The first-order chi connectivity index (χ1) is 10.2. The smallest absolute Gasteiger partial charge is 0.310 e. The summed E-state index contributed by atoms with van der Waals surface area (Å²) in [5.74, 6) is -1.09. The Balaban J connectivity index is 2.11. The molecule has 1 aromatic carbocycles. The number of cyclic esters (lactones) is 1. The third-order valence-corrected chi connectivity index (χ3v) is 4.64. The van der Waals surface area contributed by atoms with Crippen molar-refractivity contribution in [1.29, 1.82) is 0 Å². The second-order valence-electron chi connectivity index (χ2n) is 5.48. The van der Waals surface area contributed by atoms with Crippen LogP contribution in [0.3, 0.4) is 0 Å². The second kappa shape index (κ2) is 5.69. The van der Waals surface area contributed by atoms with Crippen molar-refractivity contribution in [3.63, 3.8) is 0 Å². The summed E-state index contributed by atoms with van der Waals surface area (Å²) in [5.41, 5.74) is -0.814. The number of rotatable bonds is 4. The van der Waals surface area contributed by atoms with Gasteiger partial charge in [-0.2, -0.15) is 0 Å². The molecule has 120 valence electrons. The largest absolute Gasteiger partial charge is 0.449 e. The van der Waals surface area contributed by atoms with Gasteiger partial charge in [0, 0.05) is 12.1 Å². The molecule has 7 nitrogen and oxygen atoms in total. The SMILES string of the molecule is CC[C@H]1C[C@](C)(C(=O)Nc2ccc(S(N)(=O)=O)cc2)OC1=O. The van der Waals surface area contributed by atoms with E-state index in [-0.39, 0.29) is 16.8 Å². The summed E-state index contributed by atoms with van der Waals surface area (Å²) < 4.78 is 27.5. The van der Waals surface area contributed by atoms with Crippen molar-refractivity contribution in [2.45, 2.75) is 37.2 Å². The molecule has 0 aliphatic carbocycles. The van der Waals surface area contributed by atoms with Crippen molar-refractivity contribution < 1.29 is 22.7 Å². The van der Waals surface area contributed by atoms with Gasteiger partial charge in [-0.3, -0.25) is 9.59 Å². The molecule has 0 radical (unpaired) electrons. The van der Waals surface area contributed by atoms with Crippen molar-refractivity contribution in [1.82, 2.24) is 0 Å². The van der Waals surface area contributed by atoms with Gasteiger partial charge in [0.15, 0.2) is 5.60 Å². The van der Waals surface area contributed by atoms with E-state index in [9.17, 15) is 18.0 Å². The molecule has 0 saturated carbocycles. The van der Waals surface area contributed by atoms with Crippen molar-refractivity contribution >= 4 is 27.6 Å². The number of sulfonamides is 1. The minimum atomic E-state index is -3.78. The number of hydrogen-bond acceptors (Lipinski definition) is 5. The van der Waals surface area contributed by atoms with Crippen LogP contribution in [-0.4, -0.2) is 25.9 Å². The molecule has 1 amide bonds. The zero-order valence-electron chi connectivity index (χ0n) is 12.3. The van der Waals surface area contributed by atoms with E-state index in [1.54, 1.807) is 6.92 Å². The third kappa shape index (κ3) is 3.28. The van der Waals surface area contributed by atoms with E-state index in [4.69, 9.17) is 9.88 Å². The van der Waals surface area contributed by atoms with Crippen LogP contribution in [0.15, 0.2) is 29.2 Å². The molecule has 2 atom stereocenters. The highest BCUT2D eigenvalue weighted by molar-refractivity contribution is 7.89. The van der Waals surface area contributed by atoms with Gasteiger partial charge in [-0.1, -0.05) is 6.92 Å². The fraction of sp³-hybridized carbons (Fsp3) is 0.429. The Morgan fingerprint density at radius 3 is 2.45 bits per heavy atom. The van der Waals surface area contributed by atoms with E-state index in [0.29, 0.717) is 18.5 Å². The monoisotopic (exact) mass is 326 g/mol. The Bertz CT molecular complexity index is 698. The summed E-state index contributed by atoms with van der Waals surface area (Å²) in [5, 5.41) is 7.62. The molecular weight excluding hydrogens is 308 g/mol. The van der Waals surface area contributed by atoms with E-state index >= 15 is 0 Å². The van der Waals surface area contributed by atoms with Crippen LogP contribution in [0.25, 0.3) is 0 Å². The lowest BCUT2D eigenvalue weighted by atomic mass is 9.93. The predicted molar refractivity (Wildman–Crippen MR) is 79.3 cm³/mol. The molecule has 0 bridgehead atoms. The molecule has 1 heterocycles. The lowest BCUT2D eigenvalue weighted by Crippen LogP contribution is -2.39. The van der Waals surface area contributed by atoms with Crippen LogP contribution in [0.4, 0.5) is 5.69 Å². The molecule has 8 heteroatoms. The van der Waals surface area contributed by atoms with Crippen LogP contribution in [0.2, 0.25) is 0 Å². The fourth-order valence-electron chi connectivity index (χ4n) is 2.34. The number of nitrogens with one attached hydrogen (secondary N) is 1. The standard InChI is InChI=1S/C14H18N2O5S/c1-3-9-8-14(2,21-12(9)17)13(18)16-10-4-6-11(7-5-10)22(15,19)20/h4-7,9H,3,8H2,1-2H3,(H,16,18)(H2,15,19,20)/t9-,14+/m0/s1. The first-order valence-electron chi connectivity index (χ1n) is 6.83. The van der Waals surface area contributed by atoms with Crippen LogP contribution in [0.1, 0.15) is 26.7 Å². The number of hydrogen-bond donors (Lipinski definition) is 2. The van der Waals surface area contributed by atoms with Gasteiger partial charge in [0.05, 0.1) is 10.8 Å².